The van der Waals surface area contributed by atoms with Gasteiger partial charge in [-0.1, -0.05) is 114 Å². The fraction of sp³-hybridized carbons (Fsp3) is 0.488. The maximum absolute atomic E-state index is 15.0. The molecule has 0 spiro atoms. The molecule has 17 heteroatoms. The smallest absolute Gasteiger partial charge is 0.464 e. The van der Waals surface area contributed by atoms with Gasteiger partial charge in [-0.15, -0.1) is 6.42 Å². The summed E-state index contributed by atoms with van der Waals surface area (Å²) in [7, 11) is -4.59. The number of imidazole rings is 1. The molecule has 0 radical (unpaired) electrons. The molecule has 312 valence electrons. The molecular formula is C41H52FN6O9P. The average molecular weight is 823 g/mol. The van der Waals surface area contributed by atoms with Crippen LogP contribution >= 0.6 is 7.75 Å². The fourth-order valence-corrected chi connectivity index (χ4v) is 7.94. The summed E-state index contributed by atoms with van der Waals surface area (Å²) in [5, 5.41) is 2.82. The van der Waals surface area contributed by atoms with E-state index in [1.54, 1.807) is 30.3 Å². The standard InChI is InChI=1S/C41H52FN6O9P/c1-5-9-10-11-18-23-52-40(50)55-33-25-34(48-28-44-35-36(43)45-39(42)46-37(35)48)56-41(33,8-4)27-54-58(51,57-31-21-16-13-17-22-31)47-32(24-30-19-14-12-15-20-30)38(49)53-26-29(6-2)7-3/h4,12-17,19-22,28-29,32-34H,5-7,9-11,18,23-27H2,1-3H3,(H,47,51)(H2,43,45,46)/t32-,33-,34+,41+,58-/m0/s1. The van der Waals surface area contributed by atoms with Gasteiger partial charge in [-0.3, -0.25) is 13.9 Å². The predicted molar refractivity (Wildman–Crippen MR) is 214 cm³/mol. The third-order valence-electron chi connectivity index (χ3n) is 9.88. The second-order valence-corrected chi connectivity index (χ2v) is 15.7. The van der Waals surface area contributed by atoms with E-state index in [1.165, 1.54) is 10.9 Å². The predicted octanol–water partition coefficient (Wildman–Crippen LogP) is 7.71. The summed E-state index contributed by atoms with van der Waals surface area (Å²) >= 11 is 0. The number of anilines is 1. The molecule has 58 heavy (non-hydrogen) atoms. The maximum Gasteiger partial charge on any atom is 0.508 e. The number of unbranched alkanes of at least 4 members (excludes halogenated alkanes) is 4. The van der Waals surface area contributed by atoms with Crippen LogP contribution in [0.3, 0.4) is 0 Å². The van der Waals surface area contributed by atoms with E-state index in [0.29, 0.717) is 6.42 Å². The molecule has 0 bridgehead atoms. The summed E-state index contributed by atoms with van der Waals surface area (Å²) in [6.45, 7) is 5.71. The topological polar surface area (TPSA) is 188 Å². The lowest BCUT2D eigenvalue weighted by atomic mass is 9.99. The van der Waals surface area contributed by atoms with Crippen LogP contribution in [0.4, 0.5) is 15.0 Å². The number of hydrogen-bond acceptors (Lipinski definition) is 13. The van der Waals surface area contributed by atoms with Gasteiger partial charge >= 0.3 is 25.9 Å². The largest absolute Gasteiger partial charge is 0.508 e. The molecule has 5 rings (SSSR count). The lowest BCUT2D eigenvalue weighted by molar-refractivity contribution is -0.147. The van der Waals surface area contributed by atoms with Crippen molar-refractivity contribution in [2.45, 2.75) is 103 Å². The lowest BCUT2D eigenvalue weighted by Gasteiger charge is -2.31. The van der Waals surface area contributed by atoms with Gasteiger partial charge in [0.25, 0.3) is 0 Å². The lowest BCUT2D eigenvalue weighted by Crippen LogP contribution is -2.46. The molecule has 0 amide bonds. The van der Waals surface area contributed by atoms with E-state index in [1.807, 2.05) is 44.2 Å². The van der Waals surface area contributed by atoms with Crippen LogP contribution in [0.1, 0.15) is 83.9 Å². The summed E-state index contributed by atoms with van der Waals surface area (Å²) in [4.78, 5) is 38.5. The first-order chi connectivity index (χ1) is 28.0. The Kier molecular flexibility index (Phi) is 16.0. The number of ether oxygens (including phenoxy) is 4. The van der Waals surface area contributed by atoms with E-state index in [-0.39, 0.29) is 54.7 Å². The first-order valence-electron chi connectivity index (χ1n) is 19.6. The number of carbonyl (C=O) groups excluding carboxylic acids is 2. The van der Waals surface area contributed by atoms with Gasteiger partial charge in [-0.2, -0.15) is 19.4 Å². The number of benzene rings is 2. The number of para-hydroxylation sites is 1. The molecule has 1 aliphatic rings. The van der Waals surface area contributed by atoms with Crippen LogP contribution in [0.5, 0.6) is 5.75 Å². The van der Waals surface area contributed by atoms with Crippen molar-refractivity contribution < 1.29 is 46.5 Å². The summed E-state index contributed by atoms with van der Waals surface area (Å²) in [5.41, 5.74) is 4.81. The summed E-state index contributed by atoms with van der Waals surface area (Å²) in [6.07, 6.45) is 9.20. The molecular weight excluding hydrogens is 770 g/mol. The van der Waals surface area contributed by atoms with Gasteiger partial charge in [0.15, 0.2) is 28.7 Å². The van der Waals surface area contributed by atoms with Crippen LogP contribution < -0.4 is 15.3 Å². The number of terminal acetylenes is 1. The van der Waals surface area contributed by atoms with Crippen molar-refractivity contribution in [1.82, 2.24) is 24.6 Å². The van der Waals surface area contributed by atoms with Crippen molar-refractivity contribution >= 4 is 36.9 Å². The molecule has 0 saturated carbocycles. The zero-order valence-electron chi connectivity index (χ0n) is 33.1. The van der Waals surface area contributed by atoms with Gasteiger partial charge in [-0.05, 0) is 36.5 Å². The third kappa shape index (κ3) is 11.8. The molecule has 1 fully saturated rings. The summed E-state index contributed by atoms with van der Waals surface area (Å²) < 4.78 is 66.2. The van der Waals surface area contributed by atoms with Crippen LogP contribution in [0.15, 0.2) is 67.0 Å². The number of esters is 1. The normalized spacial score (nSPS) is 19.3. The van der Waals surface area contributed by atoms with Crippen molar-refractivity contribution in [2.24, 2.45) is 5.92 Å². The van der Waals surface area contributed by atoms with E-state index in [4.69, 9.17) is 40.2 Å². The highest BCUT2D eigenvalue weighted by Gasteiger charge is 2.53. The second-order valence-electron chi connectivity index (χ2n) is 14.0. The number of hydrogen-bond donors (Lipinski definition) is 2. The second kappa shape index (κ2) is 21.1. The van der Waals surface area contributed by atoms with Crippen molar-refractivity contribution in [3.05, 3.63) is 78.6 Å². The number of rotatable bonds is 22. The Morgan fingerprint density at radius 1 is 1.05 bits per heavy atom. The van der Waals surface area contributed by atoms with Gasteiger partial charge in [0.1, 0.15) is 24.6 Å². The number of nitrogens with two attached hydrogens (primary N) is 1. The number of nitrogens with one attached hydrogen (secondary N) is 1. The SMILES string of the molecule is C#C[C@]1(CO[P@@](=O)(N[C@@H](Cc2ccccc2)C(=O)OCC(CC)CC)Oc2ccccc2)O[C@@H](n2cnc3c(N)nc(F)nc32)C[C@@H]1OC(=O)OCCCCCCC. The van der Waals surface area contributed by atoms with E-state index < -0.39 is 56.5 Å². The van der Waals surface area contributed by atoms with Crippen LogP contribution in [-0.4, -0.2) is 69.2 Å². The highest BCUT2D eigenvalue weighted by Crippen LogP contribution is 2.49. The molecule has 15 nitrogen and oxygen atoms in total. The number of halogens is 1. The first kappa shape index (κ1) is 44.0. The first-order valence-corrected chi connectivity index (χ1v) is 21.2. The van der Waals surface area contributed by atoms with Crippen LogP contribution in [-0.2, 0) is 39.3 Å². The number of nitrogens with zero attached hydrogens (tertiary/aromatic N) is 4. The van der Waals surface area contributed by atoms with Gasteiger partial charge in [0, 0.05) is 6.42 Å². The van der Waals surface area contributed by atoms with Crippen LogP contribution in [0.25, 0.3) is 11.2 Å². The molecule has 2 aromatic carbocycles. The Balaban J connectivity index is 1.45. The zero-order chi connectivity index (χ0) is 41.5. The van der Waals surface area contributed by atoms with Crippen molar-refractivity contribution in [3.63, 3.8) is 0 Å². The molecule has 0 aliphatic carbocycles. The summed E-state index contributed by atoms with van der Waals surface area (Å²) in [6, 6.07) is 16.1. The third-order valence-corrected chi connectivity index (χ3v) is 11.4. The van der Waals surface area contributed by atoms with Gasteiger partial charge < -0.3 is 29.2 Å². The molecule has 5 atom stereocenters. The molecule has 1 saturated heterocycles. The number of aromatic nitrogens is 4. The molecule has 4 aromatic rings. The Hall–Kier alpha value is -5.07. The Bertz CT molecular complexity index is 2030. The fourth-order valence-electron chi connectivity index (χ4n) is 6.42. The summed E-state index contributed by atoms with van der Waals surface area (Å²) in [5.74, 6) is 1.96. The quantitative estimate of drug-likeness (QED) is 0.0258. The van der Waals surface area contributed by atoms with E-state index in [2.05, 4.69) is 32.9 Å². The molecule has 3 N–H and O–H groups in total. The number of nitrogen functional groups attached to an aromatic ring is 1. The van der Waals surface area contributed by atoms with E-state index >= 15 is 0 Å². The number of fused-ring (bicyclic) bond motifs is 1. The maximum atomic E-state index is 15.0. The van der Waals surface area contributed by atoms with Crippen molar-refractivity contribution in [3.8, 4) is 18.1 Å². The minimum Gasteiger partial charge on any atom is -0.464 e. The van der Waals surface area contributed by atoms with Crippen LogP contribution in [0, 0.1) is 24.3 Å². The van der Waals surface area contributed by atoms with Gasteiger partial charge in [0.2, 0.25) is 0 Å². The average Bonchev–Trinajstić information content (AvgIpc) is 3.81. The highest BCUT2D eigenvalue weighted by atomic mass is 31.2. The molecule has 1 aliphatic heterocycles. The Morgan fingerprint density at radius 3 is 2.45 bits per heavy atom. The van der Waals surface area contributed by atoms with Crippen LogP contribution in [0.2, 0.25) is 0 Å². The zero-order valence-corrected chi connectivity index (χ0v) is 34.0. The molecule has 0 unspecified atom stereocenters. The van der Waals surface area contributed by atoms with Gasteiger partial charge in [-0.25, -0.2) is 14.3 Å². The van der Waals surface area contributed by atoms with E-state index in [0.717, 1.165) is 44.1 Å². The van der Waals surface area contributed by atoms with Crippen molar-refractivity contribution in [2.75, 3.05) is 25.6 Å². The van der Waals surface area contributed by atoms with E-state index in [9.17, 15) is 18.5 Å². The highest BCUT2D eigenvalue weighted by molar-refractivity contribution is 7.52. The van der Waals surface area contributed by atoms with Gasteiger partial charge in [0.05, 0.1) is 19.5 Å². The minimum absolute atomic E-state index is 0.00690. The minimum atomic E-state index is -4.59. The Labute approximate surface area is 338 Å². The van der Waals surface area contributed by atoms with Crippen molar-refractivity contribution in [1.29, 1.82) is 0 Å². The molecule has 3 heterocycles. The molecule has 2 aromatic heterocycles. The Morgan fingerprint density at radius 2 is 1.76 bits per heavy atom. The monoisotopic (exact) mass is 822 g/mol. The number of carbonyl (C=O) groups is 2.